The molecule has 0 unspecified atom stereocenters. The van der Waals surface area contributed by atoms with Crippen molar-refractivity contribution in [1.29, 1.82) is 5.41 Å². The van der Waals surface area contributed by atoms with E-state index in [1.807, 2.05) is 4.98 Å². The van der Waals surface area contributed by atoms with Crippen LogP contribution in [0, 0.1) is 11.3 Å². The number of primary amides is 1. The second-order valence-electron chi connectivity index (χ2n) is 6.00. The molecule has 0 bridgehead atoms. The molecule has 2 rings (SSSR count). The lowest BCUT2D eigenvalue weighted by atomic mass is 10.0. The Kier molecular flexibility index (Phi) is 6.83. The Bertz CT molecular complexity index is 1100. The summed E-state index contributed by atoms with van der Waals surface area (Å²) in [4.78, 5) is 37.1. The summed E-state index contributed by atoms with van der Waals surface area (Å²) in [5, 5.41) is 11.6. The van der Waals surface area contributed by atoms with E-state index < -0.39 is 23.1 Å². The number of nitrogens with one attached hydrogen (secondary N) is 2. The fourth-order valence-electron chi connectivity index (χ4n) is 2.26. The van der Waals surface area contributed by atoms with Crippen molar-refractivity contribution in [1.82, 2.24) is 14.8 Å². The Morgan fingerprint density at radius 1 is 1.31 bits per heavy atom. The summed E-state index contributed by atoms with van der Waals surface area (Å²) in [6.45, 7) is 3.48. The van der Waals surface area contributed by atoms with Gasteiger partial charge in [0.1, 0.15) is 0 Å². The van der Waals surface area contributed by atoms with Crippen molar-refractivity contribution >= 4 is 35.0 Å². The monoisotopic (exact) mass is 441 g/mol. The van der Waals surface area contributed by atoms with Crippen LogP contribution in [-0.2, 0) is 4.79 Å². The minimum Gasteiger partial charge on any atom is -0.476 e. The number of carbonyl (C=O) groups excluding carboxylic acids is 1. The van der Waals surface area contributed by atoms with Crippen LogP contribution in [0.5, 0.6) is 11.6 Å². The van der Waals surface area contributed by atoms with Gasteiger partial charge >= 0.3 is 11.2 Å². The van der Waals surface area contributed by atoms with Crippen LogP contribution in [0.25, 0.3) is 5.69 Å². The van der Waals surface area contributed by atoms with Crippen molar-refractivity contribution in [2.24, 2.45) is 11.7 Å². The third-order valence-electron chi connectivity index (χ3n) is 3.62. The van der Waals surface area contributed by atoms with Gasteiger partial charge in [-0.1, -0.05) is 37.0 Å². The maximum Gasteiger partial charge on any atom is 0.349 e. The largest absolute Gasteiger partial charge is 0.476 e. The highest BCUT2D eigenvalue weighted by molar-refractivity contribution is 6.37. The Labute approximate surface area is 174 Å². The topological polar surface area (TPSA) is 153 Å². The molecule has 0 aliphatic rings. The maximum atomic E-state index is 12.0. The summed E-state index contributed by atoms with van der Waals surface area (Å²) in [7, 11) is 1.22. The quantitative estimate of drug-likeness (QED) is 0.351. The molecule has 1 amide bonds. The van der Waals surface area contributed by atoms with E-state index in [4.69, 9.17) is 43.8 Å². The van der Waals surface area contributed by atoms with Crippen molar-refractivity contribution < 1.29 is 14.3 Å². The molecule has 1 aromatic carbocycles. The van der Waals surface area contributed by atoms with Crippen molar-refractivity contribution in [3.05, 3.63) is 54.7 Å². The van der Waals surface area contributed by atoms with Crippen molar-refractivity contribution in [2.45, 2.75) is 13.8 Å². The zero-order valence-corrected chi connectivity index (χ0v) is 17.1. The van der Waals surface area contributed by atoms with Crippen molar-refractivity contribution in [2.75, 3.05) is 7.11 Å². The number of nitrogens with two attached hydrogens (primary N) is 1. The molecule has 154 valence electrons. The minimum atomic E-state index is -0.838. The number of halogens is 2. The molecule has 0 aliphatic heterocycles. The number of nitrogens with zero attached hydrogens (tertiary/aromatic N) is 2. The first-order valence-corrected chi connectivity index (χ1v) is 8.85. The molecule has 0 fully saturated rings. The number of hydrogen-bond donors (Lipinski definition) is 3. The molecule has 0 spiro atoms. The fourth-order valence-corrected chi connectivity index (χ4v) is 2.82. The minimum absolute atomic E-state index is 0.0466. The molecule has 0 aliphatic carbocycles. The van der Waals surface area contributed by atoms with Gasteiger partial charge in [0.15, 0.2) is 5.75 Å². The highest BCUT2D eigenvalue weighted by Crippen LogP contribution is 2.35. The lowest BCUT2D eigenvalue weighted by Gasteiger charge is -2.13. The van der Waals surface area contributed by atoms with Gasteiger partial charge in [0.25, 0.3) is 5.88 Å². The summed E-state index contributed by atoms with van der Waals surface area (Å²) in [5.41, 5.74) is 3.97. The first-order valence-electron chi connectivity index (χ1n) is 8.10. The van der Waals surface area contributed by atoms with E-state index in [1.165, 1.54) is 25.3 Å². The smallest absolute Gasteiger partial charge is 0.349 e. The van der Waals surface area contributed by atoms with Gasteiger partial charge in [0.05, 0.1) is 22.8 Å². The van der Waals surface area contributed by atoms with Crippen LogP contribution in [0.1, 0.15) is 13.8 Å². The molecule has 0 saturated heterocycles. The lowest BCUT2D eigenvalue weighted by Crippen LogP contribution is -2.32. The molecule has 1 heterocycles. The van der Waals surface area contributed by atoms with Gasteiger partial charge in [0.2, 0.25) is 11.8 Å². The van der Waals surface area contributed by atoms with E-state index in [2.05, 4.69) is 5.10 Å². The van der Waals surface area contributed by atoms with Gasteiger partial charge in [-0.25, -0.2) is 4.79 Å². The number of aromatic nitrogens is 3. The van der Waals surface area contributed by atoms with E-state index >= 15 is 0 Å². The van der Waals surface area contributed by atoms with Crippen LogP contribution in [0.3, 0.4) is 0 Å². The number of rotatable bonds is 6. The number of methoxy groups -OCH3 is 1. The summed E-state index contributed by atoms with van der Waals surface area (Å²) < 4.78 is 11.0. The van der Waals surface area contributed by atoms with E-state index in [0.29, 0.717) is 0 Å². The predicted molar refractivity (Wildman–Crippen MR) is 107 cm³/mol. The van der Waals surface area contributed by atoms with Crippen LogP contribution in [-0.4, -0.2) is 33.7 Å². The first-order chi connectivity index (χ1) is 13.5. The molecular weight excluding hydrogens is 425 g/mol. The molecule has 0 atom stereocenters. The summed E-state index contributed by atoms with van der Waals surface area (Å²) in [6.07, 6.45) is 1.17. The van der Waals surface area contributed by atoms with E-state index in [9.17, 15) is 14.4 Å². The SMILES string of the molecule is COc1nn(-c2cc(Cl)c(OC(=N)/C=C(\C(N)=O)C(C)C)c(Cl)c2)c(=O)[nH]c1=O. The van der Waals surface area contributed by atoms with E-state index in [1.54, 1.807) is 13.8 Å². The molecule has 2 aromatic rings. The van der Waals surface area contributed by atoms with E-state index in [-0.39, 0.29) is 38.9 Å². The van der Waals surface area contributed by atoms with Gasteiger partial charge in [-0.3, -0.25) is 20.0 Å². The number of amides is 1. The third kappa shape index (κ3) is 5.04. The number of aromatic amines is 1. The van der Waals surface area contributed by atoms with Gasteiger partial charge in [-0.2, -0.15) is 4.68 Å². The highest BCUT2D eigenvalue weighted by atomic mass is 35.5. The Balaban J connectivity index is 2.44. The van der Waals surface area contributed by atoms with Crippen LogP contribution in [0.4, 0.5) is 0 Å². The number of H-pyrrole nitrogens is 1. The highest BCUT2D eigenvalue weighted by Gasteiger charge is 2.17. The Hall–Kier alpha value is -3.11. The van der Waals surface area contributed by atoms with Crippen LogP contribution in [0.2, 0.25) is 10.0 Å². The molecule has 4 N–H and O–H groups in total. The number of hydrogen-bond acceptors (Lipinski definition) is 7. The van der Waals surface area contributed by atoms with Gasteiger partial charge in [-0.05, 0) is 18.1 Å². The van der Waals surface area contributed by atoms with Crippen LogP contribution in [0.15, 0.2) is 33.4 Å². The van der Waals surface area contributed by atoms with Gasteiger partial charge in [-0.15, -0.1) is 5.10 Å². The zero-order valence-electron chi connectivity index (χ0n) is 15.6. The standard InChI is InChI=1S/C17H17Cl2N5O5/c1-7(2)9(14(21)25)6-12(20)29-13-10(18)4-8(5-11(13)19)24-17(27)22-15(26)16(23-24)28-3/h4-7,20H,1-3H3,(H2,21,25)(H,22,26,27)/b9-6-,20-12?. The second kappa shape index (κ2) is 8.93. The summed E-state index contributed by atoms with van der Waals surface area (Å²) in [6, 6.07) is 2.59. The molecule has 0 radical (unpaired) electrons. The van der Waals surface area contributed by atoms with Crippen molar-refractivity contribution in [3.63, 3.8) is 0 Å². The number of carbonyl (C=O) groups is 1. The van der Waals surface area contributed by atoms with Crippen molar-refractivity contribution in [3.8, 4) is 17.3 Å². The maximum absolute atomic E-state index is 12.0. The van der Waals surface area contributed by atoms with Gasteiger partial charge in [0, 0.05) is 11.6 Å². The van der Waals surface area contributed by atoms with Crippen LogP contribution < -0.4 is 26.5 Å². The summed E-state index contributed by atoms with van der Waals surface area (Å²) in [5.74, 6) is -1.73. The molecule has 29 heavy (non-hydrogen) atoms. The normalized spacial score (nSPS) is 11.4. The van der Waals surface area contributed by atoms with Gasteiger partial charge < -0.3 is 15.2 Å². The number of benzene rings is 1. The average molecular weight is 442 g/mol. The molecule has 1 aromatic heterocycles. The Morgan fingerprint density at radius 2 is 1.90 bits per heavy atom. The second-order valence-corrected chi connectivity index (χ2v) is 6.82. The first kappa shape index (κ1) is 22.2. The fraction of sp³-hybridized carbons (Fsp3) is 0.235. The molecular formula is C17H17Cl2N5O5. The lowest BCUT2D eigenvalue weighted by molar-refractivity contribution is -0.115. The Morgan fingerprint density at radius 3 is 2.38 bits per heavy atom. The third-order valence-corrected chi connectivity index (χ3v) is 4.19. The zero-order chi connectivity index (χ0) is 21.9. The average Bonchev–Trinajstić information content (AvgIpc) is 2.62. The van der Waals surface area contributed by atoms with Crippen LogP contribution >= 0.6 is 23.2 Å². The van der Waals surface area contributed by atoms with E-state index in [0.717, 1.165) is 4.68 Å². The molecule has 12 heteroatoms. The number of ether oxygens (including phenoxy) is 2. The summed E-state index contributed by atoms with van der Waals surface area (Å²) >= 11 is 12.4. The molecule has 10 nitrogen and oxygen atoms in total. The molecule has 0 saturated carbocycles. The predicted octanol–water partition coefficient (Wildman–Crippen LogP) is 1.66.